The number of benzene rings is 4. The molecule has 3 heterocycles. The number of fused-ring (bicyclic) bond motifs is 4. The third kappa shape index (κ3) is 4.91. The van der Waals surface area contributed by atoms with Crippen LogP contribution in [0.4, 0.5) is 11.4 Å². The summed E-state index contributed by atoms with van der Waals surface area (Å²) in [5.74, 6) is 0.943. The van der Waals surface area contributed by atoms with E-state index in [4.69, 9.17) is 4.74 Å². The van der Waals surface area contributed by atoms with Crippen LogP contribution in [0.3, 0.4) is 0 Å². The molecule has 48 heavy (non-hydrogen) atoms. The van der Waals surface area contributed by atoms with Crippen LogP contribution in [0.2, 0.25) is 0 Å². The van der Waals surface area contributed by atoms with Crippen molar-refractivity contribution in [3.63, 3.8) is 0 Å². The number of ether oxygens (including phenoxy) is 1. The molecule has 3 fully saturated rings. The number of rotatable bonds is 6. The lowest BCUT2D eigenvalue weighted by molar-refractivity contribution is 0.149. The van der Waals surface area contributed by atoms with Crippen molar-refractivity contribution in [1.82, 2.24) is 0 Å². The number of hydrogen-bond acceptors (Lipinski definition) is 5. The van der Waals surface area contributed by atoms with Gasteiger partial charge in [-0.1, -0.05) is 60.7 Å². The molecule has 5 nitrogen and oxygen atoms in total. The van der Waals surface area contributed by atoms with Crippen LogP contribution in [0.25, 0.3) is 16.8 Å². The van der Waals surface area contributed by atoms with E-state index in [-0.39, 0.29) is 11.8 Å². The Morgan fingerprint density at radius 2 is 1.35 bits per heavy atom. The number of allylic oxidation sites excluding steroid dienone is 3. The summed E-state index contributed by atoms with van der Waals surface area (Å²) in [7, 11) is -3.57. The first kappa shape index (κ1) is 29.8. The summed E-state index contributed by atoms with van der Waals surface area (Å²) in [6, 6.07) is 28.8. The van der Waals surface area contributed by atoms with E-state index in [1.54, 1.807) is 24.3 Å². The van der Waals surface area contributed by atoms with Gasteiger partial charge in [0, 0.05) is 66.1 Å². The first-order chi connectivity index (χ1) is 23.5. The molecule has 0 amide bonds. The van der Waals surface area contributed by atoms with E-state index in [0.717, 1.165) is 55.0 Å². The molecule has 4 aromatic carbocycles. The zero-order valence-electron chi connectivity index (χ0n) is 27.4. The van der Waals surface area contributed by atoms with Crippen LogP contribution < -0.4 is 14.5 Å². The van der Waals surface area contributed by atoms with Gasteiger partial charge in [0.1, 0.15) is 5.75 Å². The zero-order valence-corrected chi connectivity index (χ0v) is 28.2. The highest BCUT2D eigenvalue weighted by Gasteiger charge is 2.55. The monoisotopic (exact) mass is 654 g/mol. The summed E-state index contributed by atoms with van der Waals surface area (Å²) in [4.78, 5) is 5.91. The van der Waals surface area contributed by atoms with E-state index in [0.29, 0.717) is 9.80 Å². The van der Waals surface area contributed by atoms with E-state index in [1.165, 1.54) is 60.7 Å². The molecule has 1 saturated carbocycles. The minimum absolute atomic E-state index is 0.0429. The molecule has 0 spiro atoms. The van der Waals surface area contributed by atoms with Gasteiger partial charge in [0.15, 0.2) is 5.60 Å². The van der Waals surface area contributed by atoms with Crippen molar-refractivity contribution >= 4 is 38.1 Å². The lowest BCUT2D eigenvalue weighted by Crippen LogP contribution is -2.37. The minimum Gasteiger partial charge on any atom is -0.473 e. The highest BCUT2D eigenvalue weighted by Crippen LogP contribution is 2.60. The van der Waals surface area contributed by atoms with Gasteiger partial charge in [-0.3, -0.25) is 0 Å². The molecule has 3 atom stereocenters. The molecule has 0 N–H and O–H groups in total. The first-order valence-electron chi connectivity index (χ1n) is 17.8. The van der Waals surface area contributed by atoms with Crippen molar-refractivity contribution in [3.8, 4) is 5.75 Å². The van der Waals surface area contributed by atoms with Gasteiger partial charge in [0.25, 0.3) is 0 Å². The Kier molecular flexibility index (Phi) is 7.26. The Morgan fingerprint density at radius 3 is 2.08 bits per heavy atom. The zero-order chi connectivity index (χ0) is 32.3. The van der Waals surface area contributed by atoms with Crippen LogP contribution in [-0.4, -0.2) is 34.6 Å². The van der Waals surface area contributed by atoms with Crippen molar-refractivity contribution in [2.45, 2.75) is 55.4 Å². The van der Waals surface area contributed by atoms with Crippen LogP contribution in [0, 0.1) is 11.8 Å². The SMILES string of the molecule is O=S(=O)(C1=CC=C(C2(c3ccc(N4CCCCC4)cc3)C=Cc3c(cc(N4CCCCC4)c4ccccc34)O2)C2CC12)c1ccccc1. The normalized spacial score (nSPS) is 25.1. The molecule has 244 valence electrons. The van der Waals surface area contributed by atoms with E-state index in [1.807, 2.05) is 12.1 Å². The molecule has 4 aromatic rings. The van der Waals surface area contributed by atoms with Gasteiger partial charge < -0.3 is 14.5 Å². The molecule has 5 aliphatic rings. The number of hydrogen-bond donors (Lipinski definition) is 0. The average molecular weight is 655 g/mol. The lowest BCUT2D eigenvalue weighted by atomic mass is 9.79. The molecule has 6 heteroatoms. The molecule has 0 radical (unpaired) electrons. The van der Waals surface area contributed by atoms with Crippen molar-refractivity contribution < 1.29 is 13.2 Å². The predicted octanol–water partition coefficient (Wildman–Crippen LogP) is 9.06. The summed E-state index contributed by atoms with van der Waals surface area (Å²) < 4.78 is 34.9. The summed E-state index contributed by atoms with van der Waals surface area (Å²) in [5, 5.41) is 2.47. The van der Waals surface area contributed by atoms with Crippen LogP contribution in [0.5, 0.6) is 5.75 Å². The summed E-state index contributed by atoms with van der Waals surface area (Å²) in [6.45, 7) is 4.30. The van der Waals surface area contributed by atoms with Crippen molar-refractivity contribution in [1.29, 1.82) is 0 Å². The third-order valence-corrected chi connectivity index (χ3v) is 13.2. The number of piperidine rings is 2. The Hall–Kier alpha value is -4.29. The van der Waals surface area contributed by atoms with Crippen molar-refractivity contribution in [3.05, 3.63) is 125 Å². The fraction of sp³-hybridized carbons (Fsp3) is 0.333. The summed E-state index contributed by atoms with van der Waals surface area (Å²) in [6.07, 6.45) is 16.7. The quantitative estimate of drug-likeness (QED) is 0.208. The van der Waals surface area contributed by atoms with Crippen molar-refractivity contribution in [2.75, 3.05) is 36.0 Å². The molecular weight excluding hydrogens is 613 g/mol. The Labute approximate surface area is 284 Å². The third-order valence-electron chi connectivity index (χ3n) is 11.3. The van der Waals surface area contributed by atoms with Gasteiger partial charge in [-0.2, -0.15) is 0 Å². The second-order valence-electron chi connectivity index (χ2n) is 14.1. The minimum atomic E-state index is -3.57. The molecular formula is C42H42N2O3S. The maximum Gasteiger partial charge on any atom is 0.203 e. The van der Waals surface area contributed by atoms with Crippen LogP contribution in [-0.2, 0) is 15.4 Å². The number of nitrogens with zero attached hydrogens (tertiary/aromatic N) is 2. The Bertz CT molecular complexity index is 2070. The highest BCUT2D eigenvalue weighted by atomic mass is 32.2. The van der Waals surface area contributed by atoms with Gasteiger partial charge >= 0.3 is 0 Å². The maximum atomic E-state index is 13.8. The number of anilines is 2. The number of sulfone groups is 1. The Morgan fingerprint density at radius 1 is 0.688 bits per heavy atom. The second kappa shape index (κ2) is 11.7. The topological polar surface area (TPSA) is 49.9 Å². The first-order valence-corrected chi connectivity index (χ1v) is 19.3. The molecule has 3 aliphatic heterocycles. The fourth-order valence-corrected chi connectivity index (χ4v) is 10.4. The van der Waals surface area contributed by atoms with Crippen LogP contribution in [0.15, 0.2) is 119 Å². The second-order valence-corrected chi connectivity index (χ2v) is 16.1. The molecule has 0 aromatic heterocycles. The largest absolute Gasteiger partial charge is 0.473 e. The van der Waals surface area contributed by atoms with E-state index >= 15 is 0 Å². The molecule has 2 saturated heterocycles. The van der Waals surface area contributed by atoms with Gasteiger partial charge in [-0.25, -0.2) is 8.42 Å². The molecule has 3 unspecified atom stereocenters. The maximum absolute atomic E-state index is 13.8. The Balaban J connectivity index is 1.18. The smallest absolute Gasteiger partial charge is 0.203 e. The van der Waals surface area contributed by atoms with Gasteiger partial charge in [-0.15, -0.1) is 0 Å². The average Bonchev–Trinajstić information content (AvgIpc) is 3.96. The molecule has 9 rings (SSSR count). The van der Waals surface area contributed by atoms with E-state index in [2.05, 4.69) is 82.6 Å². The highest BCUT2D eigenvalue weighted by molar-refractivity contribution is 7.95. The predicted molar refractivity (Wildman–Crippen MR) is 195 cm³/mol. The lowest BCUT2D eigenvalue weighted by Gasteiger charge is -2.40. The van der Waals surface area contributed by atoms with Gasteiger partial charge in [-0.05, 0) is 104 Å². The van der Waals surface area contributed by atoms with Gasteiger partial charge in [0.2, 0.25) is 9.84 Å². The van der Waals surface area contributed by atoms with Crippen LogP contribution in [0.1, 0.15) is 56.1 Å². The van der Waals surface area contributed by atoms with E-state index in [9.17, 15) is 8.42 Å². The van der Waals surface area contributed by atoms with Crippen LogP contribution >= 0.6 is 0 Å². The molecule has 2 aliphatic carbocycles. The van der Waals surface area contributed by atoms with Gasteiger partial charge in [0.05, 0.1) is 9.80 Å². The summed E-state index contributed by atoms with van der Waals surface area (Å²) in [5.41, 5.74) is 4.99. The molecule has 0 bridgehead atoms. The fourth-order valence-electron chi connectivity index (χ4n) is 8.66. The summed E-state index contributed by atoms with van der Waals surface area (Å²) >= 11 is 0. The van der Waals surface area contributed by atoms with Crippen molar-refractivity contribution in [2.24, 2.45) is 11.8 Å². The standard InChI is InChI=1S/C42H42N2O3S/c45-48(46,32-12-4-1-5-13-32)41-21-20-38(36-28-37(36)41)42(30-16-18-31(19-17-30)43-24-8-2-9-25-43)23-22-35-33-14-6-7-15-34(33)39(29-40(35)47-42)44-26-10-3-11-27-44/h1,4-7,12-23,29,36-37H,2-3,8-11,24-28H2. The van der Waals surface area contributed by atoms with E-state index < -0.39 is 15.4 Å².